The number of carbonyl (C=O) groups excluding carboxylic acids is 2. The zero-order valence-corrected chi connectivity index (χ0v) is 15.1. The topological polar surface area (TPSA) is 78.4 Å². The van der Waals surface area contributed by atoms with Crippen LogP contribution in [-0.4, -0.2) is 59.4 Å². The van der Waals surface area contributed by atoms with E-state index in [1.165, 1.54) is 0 Å². The van der Waals surface area contributed by atoms with E-state index >= 15 is 0 Å². The van der Waals surface area contributed by atoms with E-state index in [9.17, 15) is 9.59 Å². The van der Waals surface area contributed by atoms with Gasteiger partial charge in [0.1, 0.15) is 0 Å². The highest BCUT2D eigenvalue weighted by atomic mass is 16.2. The Bertz CT molecular complexity index is 620. The third-order valence-corrected chi connectivity index (χ3v) is 5.29. The summed E-state index contributed by atoms with van der Waals surface area (Å²) in [4.78, 5) is 37.5. The lowest BCUT2D eigenvalue weighted by atomic mass is 9.81. The quantitative estimate of drug-likeness (QED) is 0.802. The molecule has 2 amide bonds. The molecule has 0 atom stereocenters. The highest BCUT2D eigenvalue weighted by Gasteiger charge is 2.33. The lowest BCUT2D eigenvalue weighted by Gasteiger charge is -2.37. The molecule has 1 aliphatic carbocycles. The van der Waals surface area contributed by atoms with Crippen LogP contribution in [0.1, 0.15) is 25.7 Å². The number of carbonyl (C=O) groups is 2. The molecule has 2 heterocycles. The minimum Gasteiger partial charge on any atom is -0.352 e. The predicted molar refractivity (Wildman–Crippen MR) is 99.5 cm³/mol. The van der Waals surface area contributed by atoms with Gasteiger partial charge < -0.3 is 15.1 Å². The number of nitrogens with one attached hydrogen (secondary N) is 1. The van der Waals surface area contributed by atoms with Crippen LogP contribution in [0.2, 0.25) is 0 Å². The van der Waals surface area contributed by atoms with Crippen molar-refractivity contribution in [2.45, 2.75) is 25.7 Å². The van der Waals surface area contributed by atoms with Gasteiger partial charge >= 0.3 is 0 Å². The van der Waals surface area contributed by atoms with Crippen LogP contribution in [0.25, 0.3) is 0 Å². The number of hydrogen-bond acceptors (Lipinski definition) is 5. The van der Waals surface area contributed by atoms with E-state index in [1.807, 2.05) is 4.90 Å². The van der Waals surface area contributed by atoms with Crippen molar-refractivity contribution < 1.29 is 9.59 Å². The van der Waals surface area contributed by atoms with Crippen molar-refractivity contribution in [1.82, 2.24) is 20.2 Å². The van der Waals surface area contributed by atoms with Gasteiger partial charge in [-0.05, 0) is 31.7 Å². The maximum atomic E-state index is 12.8. The Labute approximate surface area is 154 Å². The molecule has 3 rings (SSSR count). The summed E-state index contributed by atoms with van der Waals surface area (Å²) >= 11 is 0. The molecule has 26 heavy (non-hydrogen) atoms. The molecule has 0 aromatic carbocycles. The molecule has 1 aliphatic heterocycles. The molecule has 1 saturated carbocycles. The zero-order chi connectivity index (χ0) is 18.4. The first kappa shape index (κ1) is 18.4. The summed E-state index contributed by atoms with van der Waals surface area (Å²) in [5.41, 5.74) is 0. The maximum Gasteiger partial charge on any atom is 0.225 e. The molecule has 7 nitrogen and oxygen atoms in total. The van der Waals surface area contributed by atoms with Gasteiger partial charge in [0.25, 0.3) is 0 Å². The fraction of sp³-hybridized carbons (Fsp3) is 0.579. The average molecular weight is 357 g/mol. The number of piperazine rings is 1. The molecule has 2 aliphatic rings. The van der Waals surface area contributed by atoms with Crippen LogP contribution >= 0.6 is 0 Å². The van der Waals surface area contributed by atoms with Crippen molar-refractivity contribution in [1.29, 1.82) is 0 Å². The van der Waals surface area contributed by atoms with Gasteiger partial charge in [0, 0.05) is 57.0 Å². The van der Waals surface area contributed by atoms with Gasteiger partial charge in [0.15, 0.2) is 0 Å². The Morgan fingerprint density at radius 2 is 1.69 bits per heavy atom. The molecule has 1 saturated heterocycles. The molecule has 0 unspecified atom stereocenters. The van der Waals surface area contributed by atoms with Crippen LogP contribution in [0.5, 0.6) is 0 Å². The zero-order valence-electron chi connectivity index (χ0n) is 15.1. The molecule has 1 aromatic rings. The molecule has 7 heteroatoms. The summed E-state index contributed by atoms with van der Waals surface area (Å²) in [6.07, 6.45) is 8.34. The summed E-state index contributed by atoms with van der Waals surface area (Å²) < 4.78 is 0. The minimum absolute atomic E-state index is 0.0334. The van der Waals surface area contributed by atoms with Crippen LogP contribution in [0.15, 0.2) is 31.1 Å². The highest BCUT2D eigenvalue weighted by molar-refractivity contribution is 5.81. The SMILES string of the molecule is C=CCNC(=O)C1CCC(C(=O)N2CCN(c3ncccn3)CC2)CC1. The van der Waals surface area contributed by atoms with Gasteiger partial charge in [-0.1, -0.05) is 6.08 Å². The normalized spacial score (nSPS) is 23.4. The molecule has 0 radical (unpaired) electrons. The number of hydrogen-bond donors (Lipinski definition) is 1. The summed E-state index contributed by atoms with van der Waals surface area (Å²) in [5.74, 6) is 1.14. The Kier molecular flexibility index (Phi) is 6.20. The fourth-order valence-electron chi connectivity index (χ4n) is 3.76. The van der Waals surface area contributed by atoms with Gasteiger partial charge in [-0.2, -0.15) is 0 Å². The molecular weight excluding hydrogens is 330 g/mol. The van der Waals surface area contributed by atoms with Gasteiger partial charge in [0.2, 0.25) is 17.8 Å². The molecule has 1 N–H and O–H groups in total. The van der Waals surface area contributed by atoms with Crippen LogP contribution < -0.4 is 10.2 Å². The lowest BCUT2D eigenvalue weighted by molar-refractivity contribution is -0.138. The minimum atomic E-state index is 0.0334. The predicted octanol–water partition coefficient (Wildman–Crippen LogP) is 1.23. The number of rotatable bonds is 5. The second kappa shape index (κ2) is 8.78. The van der Waals surface area contributed by atoms with E-state index in [-0.39, 0.29) is 23.7 Å². The first-order chi connectivity index (χ1) is 12.7. The summed E-state index contributed by atoms with van der Waals surface area (Å²) in [6.45, 7) is 7.05. The van der Waals surface area contributed by atoms with Crippen LogP contribution in [0.4, 0.5) is 5.95 Å². The maximum absolute atomic E-state index is 12.8. The van der Waals surface area contributed by atoms with Gasteiger partial charge in [-0.25, -0.2) is 9.97 Å². The Hall–Kier alpha value is -2.44. The van der Waals surface area contributed by atoms with Gasteiger partial charge in [0.05, 0.1) is 0 Å². The molecule has 140 valence electrons. The summed E-state index contributed by atoms with van der Waals surface area (Å²) in [7, 11) is 0. The van der Waals surface area contributed by atoms with Gasteiger partial charge in [-0.15, -0.1) is 6.58 Å². The first-order valence-corrected chi connectivity index (χ1v) is 9.38. The second-order valence-corrected chi connectivity index (χ2v) is 6.94. The summed E-state index contributed by atoms with van der Waals surface area (Å²) in [6, 6.07) is 1.80. The van der Waals surface area contributed by atoms with E-state index in [0.717, 1.165) is 44.7 Å². The van der Waals surface area contributed by atoms with Crippen molar-refractivity contribution in [2.75, 3.05) is 37.6 Å². The standard InChI is InChI=1S/C19H27N5O2/c1-2-8-20-17(25)15-4-6-16(7-5-15)18(26)23-11-13-24(14-12-23)19-21-9-3-10-22-19/h2-3,9-10,15-16H,1,4-8,11-14H2,(H,20,25). The Morgan fingerprint density at radius 1 is 1.08 bits per heavy atom. The molecular formula is C19H27N5O2. The number of nitrogens with zero attached hydrogens (tertiary/aromatic N) is 4. The number of amides is 2. The molecule has 0 bridgehead atoms. The smallest absolute Gasteiger partial charge is 0.225 e. The van der Waals surface area contributed by atoms with E-state index in [0.29, 0.717) is 19.6 Å². The van der Waals surface area contributed by atoms with Crippen molar-refractivity contribution in [3.8, 4) is 0 Å². The number of aromatic nitrogens is 2. The number of anilines is 1. The molecule has 0 spiro atoms. The van der Waals surface area contributed by atoms with E-state index < -0.39 is 0 Å². The third-order valence-electron chi connectivity index (χ3n) is 5.29. The average Bonchev–Trinajstić information content (AvgIpc) is 2.72. The van der Waals surface area contributed by atoms with Crippen molar-refractivity contribution >= 4 is 17.8 Å². The largest absolute Gasteiger partial charge is 0.352 e. The molecule has 2 fully saturated rings. The fourth-order valence-corrected chi connectivity index (χ4v) is 3.76. The lowest BCUT2D eigenvalue weighted by Crippen LogP contribution is -2.51. The molecule has 1 aromatic heterocycles. The first-order valence-electron chi connectivity index (χ1n) is 9.38. The Balaban J connectivity index is 1.45. The van der Waals surface area contributed by atoms with E-state index in [4.69, 9.17) is 0 Å². The van der Waals surface area contributed by atoms with Crippen LogP contribution in [0, 0.1) is 11.8 Å². The second-order valence-electron chi connectivity index (χ2n) is 6.94. The van der Waals surface area contributed by atoms with Gasteiger partial charge in [-0.3, -0.25) is 9.59 Å². The van der Waals surface area contributed by atoms with Crippen molar-refractivity contribution in [2.24, 2.45) is 11.8 Å². The highest BCUT2D eigenvalue weighted by Crippen LogP contribution is 2.30. The van der Waals surface area contributed by atoms with Crippen molar-refractivity contribution in [3.05, 3.63) is 31.1 Å². The third kappa shape index (κ3) is 4.39. The van der Waals surface area contributed by atoms with Crippen molar-refractivity contribution in [3.63, 3.8) is 0 Å². The summed E-state index contributed by atoms with van der Waals surface area (Å²) in [5, 5.41) is 2.86. The Morgan fingerprint density at radius 3 is 2.31 bits per heavy atom. The van der Waals surface area contributed by atoms with Crippen LogP contribution in [-0.2, 0) is 9.59 Å². The van der Waals surface area contributed by atoms with E-state index in [1.54, 1.807) is 24.5 Å². The van der Waals surface area contributed by atoms with Crippen LogP contribution in [0.3, 0.4) is 0 Å². The van der Waals surface area contributed by atoms with E-state index in [2.05, 4.69) is 26.8 Å². The monoisotopic (exact) mass is 357 g/mol.